The Morgan fingerprint density at radius 2 is 2.03 bits per heavy atom. The van der Waals surface area contributed by atoms with Gasteiger partial charge in [-0.2, -0.15) is 9.37 Å². The first kappa shape index (κ1) is 25.1. The van der Waals surface area contributed by atoms with E-state index in [1.165, 1.54) is 18.9 Å². The van der Waals surface area contributed by atoms with Crippen LogP contribution in [-0.4, -0.2) is 62.9 Å². The van der Waals surface area contributed by atoms with Gasteiger partial charge in [0.25, 0.3) is 5.95 Å². The minimum Gasteiger partial charge on any atom is -0.496 e. The lowest BCUT2D eigenvalue weighted by molar-refractivity contribution is 0.186. The molecule has 4 N–H and O–H groups in total. The standard InChI is InChI=1S/C22H29FN6O5/c1-4-5-15(8-9-30)24-20-18-17(25-21(26-20)27-22(32)34-3)19(23)28-29(18)11-14-7-6-13(12-31)10-16(14)33-2/h6-7,10,15,30-31H,4-5,8-9,11-12H2,1-3H3,(H2,24,25,26,27,32)/t15-/m0/s1. The van der Waals surface area contributed by atoms with Crippen molar-refractivity contribution in [1.82, 2.24) is 19.7 Å². The fourth-order valence-corrected chi connectivity index (χ4v) is 3.63. The highest BCUT2D eigenvalue weighted by Crippen LogP contribution is 2.29. The number of aromatic nitrogens is 4. The van der Waals surface area contributed by atoms with E-state index in [1.54, 1.807) is 18.2 Å². The number of carbonyl (C=O) groups excluding carboxylic acids is 1. The van der Waals surface area contributed by atoms with E-state index in [4.69, 9.17) is 4.74 Å². The van der Waals surface area contributed by atoms with Gasteiger partial charge in [0.15, 0.2) is 11.3 Å². The first-order valence-corrected chi connectivity index (χ1v) is 10.9. The summed E-state index contributed by atoms with van der Waals surface area (Å²) in [6.07, 6.45) is 1.24. The van der Waals surface area contributed by atoms with Gasteiger partial charge in [0.2, 0.25) is 5.95 Å². The van der Waals surface area contributed by atoms with Crippen LogP contribution in [0.2, 0.25) is 0 Å². The summed E-state index contributed by atoms with van der Waals surface area (Å²) in [6.45, 7) is 1.96. The van der Waals surface area contributed by atoms with E-state index in [2.05, 4.69) is 30.4 Å². The normalized spacial score (nSPS) is 11.9. The lowest BCUT2D eigenvalue weighted by Gasteiger charge is -2.19. The summed E-state index contributed by atoms with van der Waals surface area (Å²) in [6, 6.07) is 5.06. The summed E-state index contributed by atoms with van der Waals surface area (Å²) in [5.41, 5.74) is 1.58. The molecule has 34 heavy (non-hydrogen) atoms. The first-order chi connectivity index (χ1) is 16.4. The number of amides is 1. The third-order valence-corrected chi connectivity index (χ3v) is 5.26. The van der Waals surface area contributed by atoms with Gasteiger partial charge in [-0.15, -0.1) is 5.10 Å². The number of nitrogens with one attached hydrogen (secondary N) is 2. The maximum Gasteiger partial charge on any atom is 0.413 e. The van der Waals surface area contributed by atoms with Crippen molar-refractivity contribution in [2.24, 2.45) is 0 Å². The summed E-state index contributed by atoms with van der Waals surface area (Å²) >= 11 is 0. The summed E-state index contributed by atoms with van der Waals surface area (Å²) in [4.78, 5) is 20.2. The number of methoxy groups -OCH3 is 2. The van der Waals surface area contributed by atoms with Gasteiger partial charge in [-0.1, -0.05) is 25.5 Å². The molecule has 0 aliphatic rings. The number of aliphatic hydroxyl groups excluding tert-OH is 2. The maximum absolute atomic E-state index is 14.9. The SMILES string of the molecule is CCC[C@@H](CCO)Nc1nc(NC(=O)OC)nc2c(F)nn(Cc3ccc(CO)cc3OC)c12. The molecule has 11 nitrogen and oxygen atoms in total. The number of fused-ring (bicyclic) bond motifs is 1. The molecular formula is C22H29FN6O5. The Morgan fingerprint density at radius 3 is 2.68 bits per heavy atom. The zero-order valence-electron chi connectivity index (χ0n) is 19.3. The van der Waals surface area contributed by atoms with Crippen LogP contribution in [0, 0.1) is 5.95 Å². The molecule has 0 saturated heterocycles. The molecule has 1 amide bonds. The zero-order chi connectivity index (χ0) is 24.7. The molecule has 2 heterocycles. The van der Waals surface area contributed by atoms with Crippen LogP contribution < -0.4 is 15.4 Å². The van der Waals surface area contributed by atoms with Gasteiger partial charge in [-0.25, -0.2) is 9.78 Å². The van der Waals surface area contributed by atoms with Gasteiger partial charge >= 0.3 is 6.09 Å². The molecular weight excluding hydrogens is 447 g/mol. The summed E-state index contributed by atoms with van der Waals surface area (Å²) < 4.78 is 26.4. The van der Waals surface area contributed by atoms with E-state index < -0.39 is 12.0 Å². The fourth-order valence-electron chi connectivity index (χ4n) is 3.63. The average molecular weight is 477 g/mol. The van der Waals surface area contributed by atoms with Crippen molar-refractivity contribution < 1.29 is 28.9 Å². The molecule has 3 rings (SSSR count). The number of benzene rings is 1. The number of hydrogen-bond acceptors (Lipinski definition) is 9. The van der Waals surface area contributed by atoms with Crippen LogP contribution in [0.25, 0.3) is 11.0 Å². The van der Waals surface area contributed by atoms with Crippen LogP contribution in [0.1, 0.15) is 37.3 Å². The van der Waals surface area contributed by atoms with E-state index in [0.29, 0.717) is 28.8 Å². The molecule has 2 aromatic heterocycles. The van der Waals surface area contributed by atoms with Crippen LogP contribution in [0.5, 0.6) is 5.75 Å². The third kappa shape index (κ3) is 5.69. The van der Waals surface area contributed by atoms with Crippen molar-refractivity contribution in [3.63, 3.8) is 0 Å². The topological polar surface area (TPSA) is 144 Å². The van der Waals surface area contributed by atoms with Crippen molar-refractivity contribution in [2.75, 3.05) is 31.5 Å². The highest BCUT2D eigenvalue weighted by atomic mass is 19.1. The second-order valence-electron chi connectivity index (χ2n) is 7.60. The summed E-state index contributed by atoms with van der Waals surface area (Å²) in [5, 5.41) is 28.5. The molecule has 184 valence electrons. The van der Waals surface area contributed by atoms with Crippen LogP contribution >= 0.6 is 0 Å². The molecule has 12 heteroatoms. The van der Waals surface area contributed by atoms with E-state index >= 15 is 0 Å². The largest absolute Gasteiger partial charge is 0.496 e. The summed E-state index contributed by atoms with van der Waals surface area (Å²) in [7, 11) is 2.70. The van der Waals surface area contributed by atoms with Gasteiger partial charge in [-0.05, 0) is 24.5 Å². The fraction of sp³-hybridized carbons (Fsp3) is 0.455. The highest BCUT2D eigenvalue weighted by molar-refractivity contribution is 5.90. The number of ether oxygens (including phenoxy) is 2. The third-order valence-electron chi connectivity index (χ3n) is 5.26. The second kappa shape index (κ2) is 11.6. The lowest BCUT2D eigenvalue weighted by atomic mass is 10.1. The quantitative estimate of drug-likeness (QED) is 0.328. The Labute approximate surface area is 195 Å². The van der Waals surface area contributed by atoms with Crippen LogP contribution in [0.3, 0.4) is 0 Å². The molecule has 1 atom stereocenters. The first-order valence-electron chi connectivity index (χ1n) is 10.9. The average Bonchev–Trinajstić information content (AvgIpc) is 3.14. The molecule has 0 radical (unpaired) electrons. The zero-order valence-corrected chi connectivity index (χ0v) is 19.3. The number of hydrogen-bond donors (Lipinski definition) is 4. The predicted molar refractivity (Wildman–Crippen MR) is 123 cm³/mol. The molecule has 0 aliphatic carbocycles. The van der Waals surface area contributed by atoms with E-state index in [9.17, 15) is 19.4 Å². The highest BCUT2D eigenvalue weighted by Gasteiger charge is 2.22. The Morgan fingerprint density at radius 1 is 1.24 bits per heavy atom. The monoisotopic (exact) mass is 476 g/mol. The van der Waals surface area contributed by atoms with Crippen molar-refractivity contribution in [3.8, 4) is 5.75 Å². The van der Waals surface area contributed by atoms with Gasteiger partial charge in [0.05, 0.1) is 27.4 Å². The van der Waals surface area contributed by atoms with Gasteiger partial charge < -0.3 is 25.0 Å². The summed E-state index contributed by atoms with van der Waals surface area (Å²) in [5.74, 6) is -0.220. The van der Waals surface area contributed by atoms with Gasteiger partial charge in [0.1, 0.15) is 11.3 Å². The Kier molecular flexibility index (Phi) is 8.55. The number of anilines is 2. The molecule has 0 saturated carbocycles. The molecule has 0 aliphatic heterocycles. The van der Waals surface area contributed by atoms with Crippen LogP contribution in [0.15, 0.2) is 18.2 Å². The number of nitrogens with zero attached hydrogens (tertiary/aromatic N) is 4. The van der Waals surface area contributed by atoms with E-state index in [1.807, 2.05) is 6.92 Å². The maximum atomic E-state index is 14.9. The van der Waals surface area contributed by atoms with Crippen molar-refractivity contribution in [2.45, 2.75) is 45.4 Å². The predicted octanol–water partition coefficient (Wildman–Crippen LogP) is 2.66. The molecule has 3 aromatic rings. The molecule has 0 bridgehead atoms. The van der Waals surface area contributed by atoms with Crippen LogP contribution in [-0.2, 0) is 17.9 Å². The van der Waals surface area contributed by atoms with Crippen molar-refractivity contribution in [3.05, 3.63) is 35.3 Å². The molecule has 0 unspecified atom stereocenters. The van der Waals surface area contributed by atoms with Crippen molar-refractivity contribution >= 4 is 28.9 Å². The van der Waals surface area contributed by atoms with Crippen molar-refractivity contribution in [1.29, 1.82) is 0 Å². The minimum absolute atomic E-state index is 0.0405. The molecule has 1 aromatic carbocycles. The Hall–Kier alpha value is -3.51. The molecule has 0 spiro atoms. The smallest absolute Gasteiger partial charge is 0.413 e. The van der Waals surface area contributed by atoms with E-state index in [0.717, 1.165) is 12.8 Å². The second-order valence-corrected chi connectivity index (χ2v) is 7.60. The number of rotatable bonds is 11. The number of carbonyl (C=O) groups is 1. The molecule has 0 fully saturated rings. The number of aliphatic hydroxyl groups is 2. The number of halogens is 1. The minimum atomic E-state index is -0.839. The van der Waals surface area contributed by atoms with Gasteiger partial charge in [-0.3, -0.25) is 10.00 Å². The Bertz CT molecular complexity index is 1130. The van der Waals surface area contributed by atoms with Gasteiger partial charge in [0, 0.05) is 18.2 Å². The van der Waals surface area contributed by atoms with Crippen LogP contribution in [0.4, 0.5) is 21.0 Å². The van der Waals surface area contributed by atoms with E-state index in [-0.39, 0.29) is 43.1 Å². The lowest BCUT2D eigenvalue weighted by Crippen LogP contribution is -2.23. The Balaban J connectivity index is 2.11.